The number of rotatable bonds is 1. The highest BCUT2D eigenvalue weighted by molar-refractivity contribution is 5.82. The molecule has 1 N–H and O–H groups in total. The van der Waals surface area contributed by atoms with E-state index in [0.717, 1.165) is 32.5 Å². The van der Waals surface area contributed by atoms with Gasteiger partial charge < -0.3 is 15.0 Å². The maximum atomic E-state index is 12.6. The highest BCUT2D eigenvalue weighted by atomic mass is 16.5. The summed E-state index contributed by atoms with van der Waals surface area (Å²) < 4.78 is 5.74. The van der Waals surface area contributed by atoms with Gasteiger partial charge in [0.25, 0.3) is 5.91 Å². The van der Waals surface area contributed by atoms with Crippen molar-refractivity contribution < 1.29 is 9.53 Å². The van der Waals surface area contributed by atoms with Crippen LogP contribution in [0.25, 0.3) is 0 Å². The summed E-state index contributed by atoms with van der Waals surface area (Å²) in [7, 11) is 0. The zero-order valence-electron chi connectivity index (χ0n) is 11.6. The van der Waals surface area contributed by atoms with E-state index in [1.54, 1.807) is 0 Å². The van der Waals surface area contributed by atoms with Crippen molar-refractivity contribution in [3.63, 3.8) is 0 Å². The Morgan fingerprint density at radius 3 is 2.72 bits per heavy atom. The number of carbonyl (C=O) groups excluding carboxylic acids is 1. The van der Waals surface area contributed by atoms with Gasteiger partial charge in [-0.2, -0.15) is 0 Å². The average Bonchev–Trinajstić information content (AvgIpc) is 2.96. The summed E-state index contributed by atoms with van der Waals surface area (Å²) in [5.41, 5.74) is -0.0273. The van der Waals surface area contributed by atoms with E-state index in [1.807, 2.05) is 0 Å². The number of hydrogen-bond acceptors (Lipinski definition) is 3. The van der Waals surface area contributed by atoms with Crippen molar-refractivity contribution in [2.45, 2.75) is 51.4 Å². The van der Waals surface area contributed by atoms with Crippen LogP contribution in [0.2, 0.25) is 0 Å². The second-order valence-corrected chi connectivity index (χ2v) is 6.64. The molecule has 102 valence electrons. The maximum Gasteiger partial charge on any atom is 0.252 e. The molecule has 3 fully saturated rings. The minimum absolute atomic E-state index is 0.0273. The maximum absolute atomic E-state index is 12.6. The smallest absolute Gasteiger partial charge is 0.252 e. The van der Waals surface area contributed by atoms with Crippen LogP contribution in [0.1, 0.15) is 33.6 Å². The zero-order valence-corrected chi connectivity index (χ0v) is 11.6. The minimum Gasteiger partial charge on any atom is -0.365 e. The van der Waals surface area contributed by atoms with Gasteiger partial charge in [0.1, 0.15) is 6.10 Å². The number of fused-ring (bicyclic) bond motifs is 1. The summed E-state index contributed by atoms with van der Waals surface area (Å²) >= 11 is 0. The summed E-state index contributed by atoms with van der Waals surface area (Å²) in [6.07, 6.45) is 1.95. The molecule has 4 nitrogen and oxygen atoms in total. The Balaban J connectivity index is 1.74. The van der Waals surface area contributed by atoms with E-state index < -0.39 is 0 Å². The van der Waals surface area contributed by atoms with E-state index >= 15 is 0 Å². The van der Waals surface area contributed by atoms with Crippen LogP contribution in [-0.2, 0) is 9.53 Å². The van der Waals surface area contributed by atoms with E-state index in [4.69, 9.17) is 4.74 Å². The normalized spacial score (nSPS) is 42.3. The number of amides is 1. The molecule has 3 rings (SSSR count). The van der Waals surface area contributed by atoms with E-state index in [9.17, 15) is 4.79 Å². The molecule has 0 spiro atoms. The Bertz CT molecular complexity index is 356. The summed E-state index contributed by atoms with van der Waals surface area (Å²) in [6, 6.07) is 0. The van der Waals surface area contributed by atoms with Crippen LogP contribution in [0.5, 0.6) is 0 Å². The molecule has 4 atom stereocenters. The molecule has 3 aliphatic heterocycles. The van der Waals surface area contributed by atoms with Gasteiger partial charge in [-0.3, -0.25) is 4.79 Å². The van der Waals surface area contributed by atoms with Crippen molar-refractivity contribution in [3.05, 3.63) is 0 Å². The third-order valence-electron chi connectivity index (χ3n) is 5.13. The molecule has 4 unspecified atom stereocenters. The third kappa shape index (κ3) is 1.77. The van der Waals surface area contributed by atoms with E-state index in [-0.39, 0.29) is 23.7 Å². The van der Waals surface area contributed by atoms with Crippen molar-refractivity contribution in [1.82, 2.24) is 10.2 Å². The van der Waals surface area contributed by atoms with Gasteiger partial charge in [0.2, 0.25) is 0 Å². The number of nitrogens with zero attached hydrogens (tertiary/aromatic N) is 1. The van der Waals surface area contributed by atoms with Crippen LogP contribution >= 0.6 is 0 Å². The Hall–Kier alpha value is -0.610. The predicted molar refractivity (Wildman–Crippen MR) is 69.2 cm³/mol. The van der Waals surface area contributed by atoms with Crippen molar-refractivity contribution in [1.29, 1.82) is 0 Å². The Morgan fingerprint density at radius 1 is 1.33 bits per heavy atom. The van der Waals surface area contributed by atoms with Gasteiger partial charge >= 0.3 is 0 Å². The first kappa shape index (κ1) is 12.4. The molecule has 0 aromatic heterocycles. The van der Waals surface area contributed by atoms with Gasteiger partial charge in [0, 0.05) is 25.2 Å². The van der Waals surface area contributed by atoms with Crippen LogP contribution in [0.3, 0.4) is 0 Å². The van der Waals surface area contributed by atoms with Crippen LogP contribution in [-0.4, -0.2) is 48.2 Å². The topological polar surface area (TPSA) is 41.6 Å². The lowest BCUT2D eigenvalue weighted by Gasteiger charge is -2.37. The summed E-state index contributed by atoms with van der Waals surface area (Å²) in [5.74, 6) is 1.45. The molecule has 0 saturated carbocycles. The van der Waals surface area contributed by atoms with Gasteiger partial charge in [-0.1, -0.05) is 0 Å². The molecule has 0 radical (unpaired) electrons. The highest BCUT2D eigenvalue weighted by Crippen LogP contribution is 2.41. The number of nitrogens with one attached hydrogen (secondary N) is 1. The molecular formula is C14H24N2O2. The second-order valence-electron chi connectivity index (χ2n) is 6.64. The van der Waals surface area contributed by atoms with Gasteiger partial charge in [-0.05, 0) is 45.4 Å². The standard InChI is InChI=1S/C14H24N2O2/c1-9-4-5-12(18-9)13(17)16-8-10-6-15-7-11(10)14(16,2)3/h9-12,15H,4-8H2,1-3H3. The molecule has 1 amide bonds. The van der Waals surface area contributed by atoms with Crippen molar-refractivity contribution in [2.75, 3.05) is 19.6 Å². The fraction of sp³-hybridized carbons (Fsp3) is 0.929. The molecule has 0 bridgehead atoms. The monoisotopic (exact) mass is 252 g/mol. The SMILES string of the molecule is CC1CCC(C(=O)N2CC3CNCC3C2(C)C)O1. The molecular weight excluding hydrogens is 228 g/mol. The van der Waals surface area contributed by atoms with Gasteiger partial charge in [0.15, 0.2) is 0 Å². The van der Waals surface area contributed by atoms with Crippen LogP contribution in [0, 0.1) is 11.8 Å². The van der Waals surface area contributed by atoms with Crippen LogP contribution in [0.15, 0.2) is 0 Å². The number of ether oxygens (including phenoxy) is 1. The van der Waals surface area contributed by atoms with Gasteiger partial charge in [-0.15, -0.1) is 0 Å². The first-order valence-electron chi connectivity index (χ1n) is 7.18. The Morgan fingerprint density at radius 2 is 2.11 bits per heavy atom. The summed E-state index contributed by atoms with van der Waals surface area (Å²) in [5, 5.41) is 3.45. The Kier molecular flexibility index (Phi) is 2.90. The van der Waals surface area contributed by atoms with Crippen molar-refractivity contribution in [2.24, 2.45) is 11.8 Å². The molecule has 0 aliphatic carbocycles. The molecule has 0 aromatic carbocycles. The summed E-state index contributed by atoms with van der Waals surface area (Å²) in [6.45, 7) is 9.48. The first-order chi connectivity index (χ1) is 8.50. The Labute approximate surface area is 109 Å². The first-order valence-corrected chi connectivity index (χ1v) is 7.18. The molecule has 3 heterocycles. The molecule has 3 aliphatic rings. The van der Waals surface area contributed by atoms with Crippen molar-refractivity contribution >= 4 is 5.91 Å². The zero-order chi connectivity index (χ0) is 12.9. The van der Waals surface area contributed by atoms with Crippen molar-refractivity contribution in [3.8, 4) is 0 Å². The van der Waals surface area contributed by atoms with E-state index in [2.05, 4.69) is 31.0 Å². The second kappa shape index (κ2) is 4.20. The molecule has 4 heteroatoms. The quantitative estimate of drug-likeness (QED) is 0.757. The summed E-state index contributed by atoms with van der Waals surface area (Å²) in [4.78, 5) is 14.7. The molecule has 3 saturated heterocycles. The lowest BCUT2D eigenvalue weighted by atomic mass is 9.84. The largest absolute Gasteiger partial charge is 0.365 e. The van der Waals surface area contributed by atoms with Gasteiger partial charge in [-0.25, -0.2) is 0 Å². The fourth-order valence-electron chi connectivity index (χ4n) is 3.95. The molecule has 0 aromatic rings. The van der Waals surface area contributed by atoms with E-state index in [0.29, 0.717) is 11.8 Å². The van der Waals surface area contributed by atoms with Crippen LogP contribution in [0.4, 0.5) is 0 Å². The molecule has 18 heavy (non-hydrogen) atoms. The van der Waals surface area contributed by atoms with Gasteiger partial charge in [0.05, 0.1) is 6.10 Å². The van der Waals surface area contributed by atoms with Crippen LogP contribution < -0.4 is 5.32 Å². The number of hydrogen-bond donors (Lipinski definition) is 1. The lowest BCUT2D eigenvalue weighted by Crippen LogP contribution is -2.51. The average molecular weight is 252 g/mol. The number of carbonyl (C=O) groups is 1. The minimum atomic E-state index is -0.189. The number of likely N-dealkylation sites (tertiary alicyclic amines) is 1. The lowest BCUT2D eigenvalue weighted by molar-refractivity contribution is -0.146. The fourth-order valence-corrected chi connectivity index (χ4v) is 3.95. The van der Waals surface area contributed by atoms with E-state index in [1.165, 1.54) is 0 Å². The third-order valence-corrected chi connectivity index (χ3v) is 5.13. The highest BCUT2D eigenvalue weighted by Gasteiger charge is 2.52. The predicted octanol–water partition coefficient (Wildman–Crippen LogP) is 1.01.